The minimum atomic E-state index is -5.12. The lowest BCUT2D eigenvalue weighted by molar-refractivity contribution is -0.137. The van der Waals surface area contributed by atoms with Crippen molar-refractivity contribution in [3.63, 3.8) is 0 Å². The number of nitrogen functional groups attached to an aromatic ring is 1. The van der Waals surface area contributed by atoms with Crippen molar-refractivity contribution in [3.05, 3.63) is 41.0 Å². The number of ether oxygens (including phenoxy) is 1. The molecule has 2 aromatic heterocycles. The molecular weight excluding hydrogens is 684 g/mol. The van der Waals surface area contributed by atoms with Crippen LogP contribution in [-0.4, -0.2) is 82.8 Å². The standard InChI is InChI=1S/C34H33F6N7O2S/c1-16-24(7-10-47(16)17(2)48)45(3)31-20-11-22(34(38,39)40)26(19-5-6-23(36)29-25(19)21(13-41)30(42)50-29)27(37)28(20)43-32(44-31)49-15-33-8-4-9-46(33)14-18(35)12-33/h5-6,11,16,18,24H,4,7-10,12,14-15,42H2,1-3H3/t16-,18-,24-,33?/m1/s1. The van der Waals surface area contributed by atoms with Crippen molar-refractivity contribution in [1.29, 1.82) is 5.26 Å². The molecule has 16 heteroatoms. The molecule has 3 saturated heterocycles. The van der Waals surface area contributed by atoms with Crippen LogP contribution in [0.4, 0.5) is 37.2 Å². The number of likely N-dealkylation sites (N-methyl/N-ethyl adjacent to an activating group) is 1. The molecule has 4 atom stereocenters. The van der Waals surface area contributed by atoms with Crippen LogP contribution in [0.1, 0.15) is 50.7 Å². The number of benzene rings is 2. The van der Waals surface area contributed by atoms with Crippen molar-refractivity contribution in [2.24, 2.45) is 0 Å². The maximum atomic E-state index is 17.1. The van der Waals surface area contributed by atoms with Crippen LogP contribution in [0.3, 0.4) is 0 Å². The van der Waals surface area contributed by atoms with Crippen molar-refractivity contribution >= 4 is 49.1 Å². The number of rotatable bonds is 6. The third-order valence-corrected chi connectivity index (χ3v) is 11.6. The van der Waals surface area contributed by atoms with E-state index in [-0.39, 0.29) is 75.0 Å². The second-order valence-electron chi connectivity index (χ2n) is 13.4. The third-order valence-electron chi connectivity index (χ3n) is 10.6. The highest BCUT2D eigenvalue weighted by molar-refractivity contribution is 7.23. The van der Waals surface area contributed by atoms with Gasteiger partial charge >= 0.3 is 12.2 Å². The molecule has 0 bridgehead atoms. The first-order chi connectivity index (χ1) is 23.6. The van der Waals surface area contributed by atoms with E-state index in [4.69, 9.17) is 10.5 Å². The summed E-state index contributed by atoms with van der Waals surface area (Å²) >= 11 is 0.678. The number of aromatic nitrogens is 2. The Morgan fingerprint density at radius 1 is 1.26 bits per heavy atom. The molecule has 3 fully saturated rings. The van der Waals surface area contributed by atoms with Gasteiger partial charge in [0.15, 0.2) is 5.82 Å². The second kappa shape index (κ2) is 12.2. The summed E-state index contributed by atoms with van der Waals surface area (Å²) in [6.07, 6.45) is -3.99. The zero-order valence-corrected chi connectivity index (χ0v) is 28.2. The SMILES string of the molecule is CC(=O)N1CC[C@@H](N(C)c2nc(OCC34CCCN3C[C@H](F)C4)nc3c(F)c(-c4ccc(F)c5sc(N)c(C#N)c45)c(C(F)(F)F)cc23)[C@H]1C. The average Bonchev–Trinajstić information content (AvgIpc) is 3.80. The molecular formula is C34H33F6N7O2S. The van der Waals surface area contributed by atoms with Gasteiger partial charge < -0.3 is 20.3 Å². The first-order valence-corrected chi connectivity index (χ1v) is 17.0. The lowest BCUT2D eigenvalue weighted by atomic mass is 9.92. The van der Waals surface area contributed by atoms with Gasteiger partial charge in [-0.2, -0.15) is 28.4 Å². The molecule has 264 valence electrons. The zero-order valence-electron chi connectivity index (χ0n) is 27.4. The Morgan fingerprint density at radius 2 is 2.02 bits per heavy atom. The van der Waals surface area contributed by atoms with Crippen molar-refractivity contribution < 1.29 is 35.9 Å². The lowest BCUT2D eigenvalue weighted by Gasteiger charge is -2.33. The molecule has 5 heterocycles. The molecule has 7 rings (SSSR count). The van der Waals surface area contributed by atoms with Gasteiger partial charge in [-0.15, -0.1) is 11.3 Å². The number of nitrogens with zero attached hydrogens (tertiary/aromatic N) is 6. The van der Waals surface area contributed by atoms with E-state index in [1.54, 1.807) is 16.8 Å². The number of carbonyl (C=O) groups excluding carboxylic acids is 1. The second-order valence-corrected chi connectivity index (χ2v) is 14.4. The first kappa shape index (κ1) is 34.1. The number of likely N-dealkylation sites (tertiary alicyclic amines) is 1. The van der Waals surface area contributed by atoms with Crippen LogP contribution < -0.4 is 15.4 Å². The fraction of sp³-hybridized carbons (Fsp3) is 0.471. The molecule has 3 aliphatic rings. The number of hydrogen-bond donors (Lipinski definition) is 1. The molecule has 1 unspecified atom stereocenters. The van der Waals surface area contributed by atoms with E-state index >= 15 is 4.39 Å². The fourth-order valence-corrected chi connectivity index (χ4v) is 9.16. The molecule has 0 radical (unpaired) electrons. The minimum Gasteiger partial charge on any atom is -0.461 e. The molecule has 2 N–H and O–H groups in total. The van der Waals surface area contributed by atoms with E-state index in [1.165, 1.54) is 6.92 Å². The number of nitrogens with two attached hydrogens (primary N) is 1. The smallest absolute Gasteiger partial charge is 0.417 e. The number of thiophene rings is 1. The summed E-state index contributed by atoms with van der Waals surface area (Å²) in [7, 11) is 1.61. The Hall–Kier alpha value is -4.36. The Morgan fingerprint density at radius 3 is 2.70 bits per heavy atom. The fourth-order valence-electron chi connectivity index (χ4n) is 8.21. The number of halogens is 6. The summed E-state index contributed by atoms with van der Waals surface area (Å²) in [5.74, 6) is -2.43. The van der Waals surface area contributed by atoms with Gasteiger partial charge in [-0.25, -0.2) is 13.2 Å². The number of nitriles is 1. The van der Waals surface area contributed by atoms with Crippen molar-refractivity contribution in [2.75, 3.05) is 43.9 Å². The van der Waals surface area contributed by atoms with Gasteiger partial charge in [0.2, 0.25) is 5.91 Å². The van der Waals surface area contributed by atoms with Crippen molar-refractivity contribution in [3.8, 4) is 23.2 Å². The van der Waals surface area contributed by atoms with E-state index < -0.39 is 52.2 Å². The molecule has 9 nitrogen and oxygen atoms in total. The van der Waals surface area contributed by atoms with Gasteiger partial charge in [0.1, 0.15) is 41.0 Å². The Kier molecular flexibility index (Phi) is 8.29. The van der Waals surface area contributed by atoms with Gasteiger partial charge in [0.05, 0.1) is 27.4 Å². The van der Waals surface area contributed by atoms with Crippen LogP contribution in [0.15, 0.2) is 18.2 Å². The normalized spacial score (nSPS) is 23.9. The largest absolute Gasteiger partial charge is 0.461 e. The molecule has 2 aromatic carbocycles. The number of amides is 1. The molecule has 0 spiro atoms. The number of fused-ring (bicyclic) bond motifs is 3. The zero-order chi connectivity index (χ0) is 35.9. The highest BCUT2D eigenvalue weighted by atomic mass is 32.1. The monoisotopic (exact) mass is 717 g/mol. The van der Waals surface area contributed by atoms with E-state index in [9.17, 15) is 32.0 Å². The molecule has 0 aliphatic carbocycles. The molecule has 3 aliphatic heterocycles. The van der Waals surface area contributed by atoms with Gasteiger partial charge in [-0.3, -0.25) is 9.69 Å². The predicted molar refractivity (Wildman–Crippen MR) is 177 cm³/mol. The summed E-state index contributed by atoms with van der Waals surface area (Å²) < 4.78 is 97.4. The van der Waals surface area contributed by atoms with Gasteiger partial charge in [0.25, 0.3) is 0 Å². The highest BCUT2D eigenvalue weighted by Crippen LogP contribution is 2.48. The number of carbonyl (C=O) groups is 1. The molecule has 4 aromatic rings. The van der Waals surface area contributed by atoms with Gasteiger partial charge in [-0.05, 0) is 50.4 Å². The van der Waals surface area contributed by atoms with Crippen molar-refractivity contribution in [1.82, 2.24) is 19.8 Å². The van der Waals surface area contributed by atoms with Crippen LogP contribution >= 0.6 is 11.3 Å². The Balaban J connectivity index is 1.45. The van der Waals surface area contributed by atoms with Crippen LogP contribution in [0.2, 0.25) is 0 Å². The number of anilines is 2. The predicted octanol–water partition coefficient (Wildman–Crippen LogP) is 6.66. The van der Waals surface area contributed by atoms with Crippen molar-refractivity contribution in [2.45, 2.75) is 69.5 Å². The topological polar surface area (TPSA) is 112 Å². The summed E-state index contributed by atoms with van der Waals surface area (Å²) in [4.78, 5) is 26.4. The van der Waals surface area contributed by atoms with E-state index in [2.05, 4.69) is 9.97 Å². The minimum absolute atomic E-state index is 0.0204. The Bertz CT molecular complexity index is 2080. The number of alkyl halides is 4. The summed E-state index contributed by atoms with van der Waals surface area (Å²) in [6, 6.07) is 3.39. The first-order valence-electron chi connectivity index (χ1n) is 16.2. The van der Waals surface area contributed by atoms with Crippen LogP contribution in [0, 0.1) is 23.0 Å². The molecule has 1 amide bonds. The van der Waals surface area contributed by atoms with Gasteiger partial charge in [-0.1, -0.05) is 6.07 Å². The van der Waals surface area contributed by atoms with E-state index in [0.717, 1.165) is 24.6 Å². The Labute approximate surface area is 287 Å². The maximum absolute atomic E-state index is 17.1. The van der Waals surface area contributed by atoms with Gasteiger partial charge in [0, 0.05) is 55.9 Å². The highest BCUT2D eigenvalue weighted by Gasteiger charge is 2.49. The molecule has 0 saturated carbocycles. The van der Waals surface area contributed by atoms with Crippen LogP contribution in [0.25, 0.3) is 32.1 Å². The lowest BCUT2D eigenvalue weighted by Crippen LogP contribution is -2.44. The van der Waals surface area contributed by atoms with E-state index in [1.807, 2.05) is 17.9 Å². The number of hydrogen-bond acceptors (Lipinski definition) is 9. The average molecular weight is 718 g/mol. The quantitative estimate of drug-likeness (QED) is 0.221. The summed E-state index contributed by atoms with van der Waals surface area (Å²) in [5.41, 5.74) is 1.86. The summed E-state index contributed by atoms with van der Waals surface area (Å²) in [6.45, 7) is 4.57. The maximum Gasteiger partial charge on any atom is 0.417 e. The van der Waals surface area contributed by atoms with Crippen LogP contribution in [-0.2, 0) is 11.0 Å². The molecule has 50 heavy (non-hydrogen) atoms. The summed E-state index contributed by atoms with van der Waals surface area (Å²) in [5, 5.41) is 9.19. The third kappa shape index (κ3) is 5.36. The van der Waals surface area contributed by atoms with E-state index in [0.29, 0.717) is 37.3 Å². The van der Waals surface area contributed by atoms with Crippen LogP contribution in [0.5, 0.6) is 6.01 Å².